The van der Waals surface area contributed by atoms with E-state index in [1.54, 1.807) is 20.0 Å². The third kappa shape index (κ3) is 2.53. The highest BCUT2D eigenvalue weighted by Crippen LogP contribution is 2.23. The smallest absolute Gasteiger partial charge is 0.322 e. The van der Waals surface area contributed by atoms with Crippen LogP contribution < -0.4 is 10.6 Å². The van der Waals surface area contributed by atoms with Gasteiger partial charge in [0.25, 0.3) is 5.91 Å². The molecule has 0 unspecified atom stereocenters. The summed E-state index contributed by atoms with van der Waals surface area (Å²) in [5, 5.41) is 13.9. The maximum Gasteiger partial charge on any atom is 0.322 e. The second-order valence-electron chi connectivity index (χ2n) is 4.40. The summed E-state index contributed by atoms with van der Waals surface area (Å²) < 4.78 is 5.12. The van der Waals surface area contributed by atoms with Gasteiger partial charge in [-0.3, -0.25) is 10.1 Å². The molecule has 0 bridgehead atoms. The fourth-order valence-corrected chi connectivity index (χ4v) is 2.01. The van der Waals surface area contributed by atoms with Crippen molar-refractivity contribution in [3.05, 3.63) is 41.9 Å². The van der Waals surface area contributed by atoms with E-state index in [-0.39, 0.29) is 11.7 Å². The molecule has 1 amide bonds. The zero-order chi connectivity index (χ0) is 14.8. The first-order chi connectivity index (χ1) is 10.2. The molecule has 7 heteroatoms. The van der Waals surface area contributed by atoms with E-state index in [0.717, 1.165) is 16.6 Å². The number of fused-ring (bicyclic) bond motifs is 1. The van der Waals surface area contributed by atoms with E-state index in [9.17, 15) is 4.79 Å². The summed E-state index contributed by atoms with van der Waals surface area (Å²) >= 11 is 0. The largest absolute Gasteiger partial charge is 0.408 e. The monoisotopic (exact) mass is 283 g/mol. The number of benzene rings is 1. The van der Waals surface area contributed by atoms with E-state index in [0.29, 0.717) is 5.89 Å². The zero-order valence-electron chi connectivity index (χ0n) is 11.5. The molecule has 0 aliphatic carbocycles. The number of pyridine rings is 1. The minimum absolute atomic E-state index is 0.0541. The van der Waals surface area contributed by atoms with Crippen molar-refractivity contribution >= 4 is 28.5 Å². The summed E-state index contributed by atoms with van der Waals surface area (Å²) in [6.07, 6.45) is 0. The van der Waals surface area contributed by atoms with Crippen molar-refractivity contribution in [1.82, 2.24) is 15.2 Å². The Labute approximate surface area is 120 Å². The molecule has 2 heterocycles. The van der Waals surface area contributed by atoms with Crippen LogP contribution >= 0.6 is 0 Å². The van der Waals surface area contributed by atoms with Crippen molar-refractivity contribution in [3.8, 4) is 0 Å². The van der Waals surface area contributed by atoms with Crippen molar-refractivity contribution in [1.29, 1.82) is 0 Å². The van der Waals surface area contributed by atoms with Crippen LogP contribution in [0.2, 0.25) is 0 Å². The lowest BCUT2D eigenvalue weighted by Gasteiger charge is -2.08. The Kier molecular flexibility index (Phi) is 3.23. The molecule has 2 N–H and O–H groups in total. The molecule has 3 rings (SSSR count). The summed E-state index contributed by atoms with van der Waals surface area (Å²) in [6.45, 7) is 1.65. The normalized spacial score (nSPS) is 10.6. The topological polar surface area (TPSA) is 92.9 Å². The molecular weight excluding hydrogens is 270 g/mol. The molecule has 0 fully saturated rings. The van der Waals surface area contributed by atoms with Crippen LogP contribution in [-0.4, -0.2) is 28.1 Å². The minimum Gasteiger partial charge on any atom is -0.408 e. The van der Waals surface area contributed by atoms with Crippen molar-refractivity contribution in [2.24, 2.45) is 0 Å². The number of carbonyl (C=O) groups excluding carboxylic acids is 1. The average molecular weight is 283 g/mol. The highest BCUT2D eigenvalue weighted by atomic mass is 16.4. The van der Waals surface area contributed by atoms with Gasteiger partial charge in [-0.15, -0.1) is 5.10 Å². The van der Waals surface area contributed by atoms with Gasteiger partial charge in [-0.1, -0.05) is 23.3 Å². The SMILES string of the molecule is CNc1cc(C(=O)Nc2nnc(C)o2)nc2ccccc12. The Balaban J connectivity index is 1.98. The number of carbonyl (C=O) groups is 1. The van der Waals surface area contributed by atoms with Crippen LogP contribution in [0.5, 0.6) is 0 Å². The maximum absolute atomic E-state index is 12.2. The molecule has 106 valence electrons. The predicted molar refractivity (Wildman–Crippen MR) is 78.3 cm³/mol. The molecule has 0 saturated carbocycles. The van der Waals surface area contributed by atoms with E-state index in [2.05, 4.69) is 25.8 Å². The lowest BCUT2D eigenvalue weighted by atomic mass is 10.1. The van der Waals surface area contributed by atoms with Crippen molar-refractivity contribution < 1.29 is 9.21 Å². The molecule has 0 atom stereocenters. The first kappa shape index (κ1) is 13.0. The number of nitrogens with zero attached hydrogens (tertiary/aromatic N) is 3. The van der Waals surface area contributed by atoms with E-state index in [4.69, 9.17) is 4.42 Å². The number of amides is 1. The molecule has 0 aliphatic heterocycles. The number of rotatable bonds is 3. The summed E-state index contributed by atoms with van der Waals surface area (Å²) in [4.78, 5) is 16.6. The number of aromatic nitrogens is 3. The molecule has 0 saturated heterocycles. The van der Waals surface area contributed by atoms with Gasteiger partial charge < -0.3 is 9.73 Å². The molecule has 7 nitrogen and oxygen atoms in total. The number of hydrogen-bond donors (Lipinski definition) is 2. The predicted octanol–water partition coefficient (Wildman–Crippen LogP) is 2.22. The van der Waals surface area contributed by atoms with E-state index in [1.165, 1.54) is 0 Å². The highest BCUT2D eigenvalue weighted by molar-refractivity contribution is 6.05. The molecule has 3 aromatic rings. The van der Waals surface area contributed by atoms with Gasteiger partial charge in [-0.25, -0.2) is 4.98 Å². The van der Waals surface area contributed by atoms with Gasteiger partial charge in [0, 0.05) is 25.0 Å². The van der Waals surface area contributed by atoms with Crippen LogP contribution in [0, 0.1) is 6.92 Å². The van der Waals surface area contributed by atoms with E-state index >= 15 is 0 Å². The number of nitrogens with one attached hydrogen (secondary N) is 2. The lowest BCUT2D eigenvalue weighted by Crippen LogP contribution is -2.14. The van der Waals surface area contributed by atoms with Crippen molar-refractivity contribution in [3.63, 3.8) is 0 Å². The molecular formula is C14H13N5O2. The molecule has 0 radical (unpaired) electrons. The first-order valence-corrected chi connectivity index (χ1v) is 6.36. The standard InChI is InChI=1S/C14H13N5O2/c1-8-18-19-14(21-8)17-13(20)12-7-11(15-2)9-5-3-4-6-10(9)16-12/h3-7H,1-2H3,(H,15,16)(H,17,19,20). The Morgan fingerprint density at radius 3 is 2.76 bits per heavy atom. The second kappa shape index (κ2) is 5.20. The number of hydrogen-bond acceptors (Lipinski definition) is 6. The number of anilines is 2. The van der Waals surface area contributed by atoms with Crippen molar-refractivity contribution in [2.75, 3.05) is 17.7 Å². The van der Waals surface area contributed by atoms with Crippen LogP contribution in [0.15, 0.2) is 34.7 Å². The van der Waals surface area contributed by atoms with Crippen LogP contribution in [0.25, 0.3) is 10.9 Å². The molecule has 0 spiro atoms. The fraction of sp³-hybridized carbons (Fsp3) is 0.143. The molecule has 21 heavy (non-hydrogen) atoms. The Morgan fingerprint density at radius 2 is 2.05 bits per heavy atom. The first-order valence-electron chi connectivity index (χ1n) is 6.36. The summed E-state index contributed by atoms with van der Waals surface area (Å²) in [6, 6.07) is 9.32. The number of para-hydroxylation sites is 1. The van der Waals surface area contributed by atoms with Gasteiger partial charge in [0.15, 0.2) is 0 Å². The fourth-order valence-electron chi connectivity index (χ4n) is 2.01. The van der Waals surface area contributed by atoms with Crippen LogP contribution in [-0.2, 0) is 0 Å². The highest BCUT2D eigenvalue weighted by Gasteiger charge is 2.14. The summed E-state index contributed by atoms with van der Waals surface area (Å²) in [5.74, 6) is -0.0198. The third-order valence-corrected chi connectivity index (χ3v) is 2.96. The van der Waals surface area contributed by atoms with Gasteiger partial charge in [-0.05, 0) is 12.1 Å². The van der Waals surface area contributed by atoms with E-state index in [1.807, 2.05) is 24.3 Å². The Morgan fingerprint density at radius 1 is 1.24 bits per heavy atom. The maximum atomic E-state index is 12.2. The van der Waals surface area contributed by atoms with Gasteiger partial charge in [0.05, 0.1) is 5.52 Å². The van der Waals surface area contributed by atoms with Gasteiger partial charge in [-0.2, -0.15) is 0 Å². The Bertz CT molecular complexity index is 812. The van der Waals surface area contributed by atoms with Gasteiger partial charge in [0.1, 0.15) is 5.69 Å². The van der Waals surface area contributed by atoms with Gasteiger partial charge >= 0.3 is 6.01 Å². The summed E-state index contributed by atoms with van der Waals surface area (Å²) in [7, 11) is 1.80. The van der Waals surface area contributed by atoms with E-state index < -0.39 is 5.91 Å². The minimum atomic E-state index is -0.402. The molecule has 1 aromatic carbocycles. The van der Waals surface area contributed by atoms with Crippen LogP contribution in [0.1, 0.15) is 16.4 Å². The van der Waals surface area contributed by atoms with Gasteiger partial charge in [0.2, 0.25) is 5.89 Å². The summed E-state index contributed by atoms with van der Waals surface area (Å²) in [5.41, 5.74) is 1.83. The number of aryl methyl sites for hydroxylation is 1. The quantitative estimate of drug-likeness (QED) is 0.765. The van der Waals surface area contributed by atoms with Crippen molar-refractivity contribution in [2.45, 2.75) is 6.92 Å². The lowest BCUT2D eigenvalue weighted by molar-refractivity contribution is 0.101. The molecule has 2 aromatic heterocycles. The third-order valence-electron chi connectivity index (χ3n) is 2.96. The van der Waals surface area contributed by atoms with Crippen LogP contribution in [0.3, 0.4) is 0 Å². The second-order valence-corrected chi connectivity index (χ2v) is 4.40. The van der Waals surface area contributed by atoms with Crippen LogP contribution in [0.4, 0.5) is 11.7 Å². The molecule has 0 aliphatic rings. The Hall–Kier alpha value is -2.96. The zero-order valence-corrected chi connectivity index (χ0v) is 11.5. The average Bonchev–Trinajstić information content (AvgIpc) is 2.91.